The predicted octanol–water partition coefficient (Wildman–Crippen LogP) is 18.5. The predicted molar refractivity (Wildman–Crippen MR) is 344 cm³/mol. The van der Waals surface area contributed by atoms with E-state index in [4.69, 9.17) is 37.0 Å². The topological polar surface area (TPSA) is 237 Å². The van der Waals surface area contributed by atoms with Gasteiger partial charge in [-0.05, 0) is 49.4 Å². The van der Waals surface area contributed by atoms with Gasteiger partial charge in [0.1, 0.15) is 19.3 Å². The van der Waals surface area contributed by atoms with Crippen LogP contribution in [0, 0.1) is 23.7 Å². The van der Waals surface area contributed by atoms with Crippen molar-refractivity contribution in [3.63, 3.8) is 0 Å². The van der Waals surface area contributed by atoms with Gasteiger partial charge in [0.05, 0.1) is 26.4 Å². The Morgan fingerprint density at radius 1 is 0.326 bits per heavy atom. The largest absolute Gasteiger partial charge is 0.472 e. The number of hydrogen-bond acceptors (Lipinski definition) is 15. The molecule has 0 saturated heterocycles. The molecule has 0 aliphatic carbocycles. The van der Waals surface area contributed by atoms with Crippen molar-refractivity contribution in [2.24, 2.45) is 23.7 Å². The Labute approximate surface area is 524 Å². The third-order valence-electron chi connectivity index (χ3n) is 15.7. The molecule has 3 N–H and O–H groups in total. The van der Waals surface area contributed by atoms with Crippen LogP contribution in [0.25, 0.3) is 0 Å². The summed E-state index contributed by atoms with van der Waals surface area (Å²) in [7, 11) is -9.89. The smallest absolute Gasteiger partial charge is 0.462 e. The average molecular weight is 1270 g/mol. The summed E-state index contributed by atoms with van der Waals surface area (Å²) < 4.78 is 68.0. The molecule has 0 spiro atoms. The van der Waals surface area contributed by atoms with E-state index in [9.17, 15) is 43.2 Å². The van der Waals surface area contributed by atoms with Gasteiger partial charge < -0.3 is 33.8 Å². The van der Waals surface area contributed by atoms with E-state index >= 15 is 0 Å². The molecule has 0 aromatic rings. The standard InChI is InChI=1S/C67H130O17P2/c1-9-60(8)46-38-30-24-26-34-42-50-67(72)84-63(54-78-65(70)48-40-32-25-23-29-37-45-59(6)7)56-82-86(75,76)80-52-61(68)51-79-85(73,74)81-55-62(83-66(71)49-41-33-22-18-20-28-36-44-58(4)5)53-77-64(69)47-39-31-21-17-15-13-11-10-12-14-16-19-27-35-43-57(2)3/h57-63,68H,9-56H2,1-8H3,(H,73,74)(H,75,76)/t60?,61-,62-,63-/m1/s1. The molecule has 0 amide bonds. The van der Waals surface area contributed by atoms with Gasteiger partial charge in [-0.3, -0.25) is 37.3 Å². The van der Waals surface area contributed by atoms with Gasteiger partial charge in [-0.2, -0.15) is 0 Å². The molecule has 3 unspecified atom stereocenters. The average Bonchev–Trinajstić information content (AvgIpc) is 3.68. The summed E-state index contributed by atoms with van der Waals surface area (Å²) in [5, 5.41) is 10.5. The zero-order chi connectivity index (χ0) is 63.9. The molecule has 0 aliphatic heterocycles. The second-order valence-electron chi connectivity index (χ2n) is 25.9. The van der Waals surface area contributed by atoms with Crippen LogP contribution >= 0.6 is 15.6 Å². The first-order chi connectivity index (χ1) is 41.1. The summed E-state index contributed by atoms with van der Waals surface area (Å²) in [6.07, 6.45) is 37.9. The minimum atomic E-state index is -4.95. The molecule has 0 bridgehead atoms. The minimum Gasteiger partial charge on any atom is -0.462 e. The third-order valence-corrected chi connectivity index (χ3v) is 17.6. The van der Waals surface area contributed by atoms with Gasteiger partial charge in [0.2, 0.25) is 0 Å². The zero-order valence-electron chi connectivity index (χ0n) is 55.9. The van der Waals surface area contributed by atoms with Crippen molar-refractivity contribution in [3.8, 4) is 0 Å². The maximum absolute atomic E-state index is 13.0. The van der Waals surface area contributed by atoms with Crippen LogP contribution in [0.4, 0.5) is 0 Å². The molecule has 0 aromatic carbocycles. The fraction of sp³-hybridized carbons (Fsp3) is 0.940. The first-order valence-electron chi connectivity index (χ1n) is 34.7. The number of unbranched alkanes of at least 4 members (excludes halogenated alkanes) is 29. The summed E-state index contributed by atoms with van der Waals surface area (Å²) in [4.78, 5) is 72.3. The van der Waals surface area contributed by atoms with E-state index in [1.807, 2.05) is 0 Å². The van der Waals surface area contributed by atoms with Crippen LogP contribution < -0.4 is 0 Å². The van der Waals surface area contributed by atoms with Gasteiger partial charge in [0.15, 0.2) is 12.2 Å². The van der Waals surface area contributed by atoms with Crippen LogP contribution in [0.3, 0.4) is 0 Å². The first-order valence-corrected chi connectivity index (χ1v) is 37.7. The van der Waals surface area contributed by atoms with Crippen molar-refractivity contribution in [1.29, 1.82) is 0 Å². The summed E-state index contributed by atoms with van der Waals surface area (Å²) in [6.45, 7) is 13.9. The number of phosphoric acid groups is 2. The van der Waals surface area contributed by atoms with Crippen molar-refractivity contribution in [2.45, 2.75) is 343 Å². The summed E-state index contributed by atoms with van der Waals surface area (Å²) in [6, 6.07) is 0. The van der Waals surface area contributed by atoms with E-state index in [1.165, 1.54) is 122 Å². The molecular formula is C67H130O17P2. The number of hydrogen-bond donors (Lipinski definition) is 3. The molecule has 0 radical (unpaired) electrons. The van der Waals surface area contributed by atoms with E-state index in [-0.39, 0.29) is 25.7 Å². The molecule has 0 aromatic heterocycles. The molecule has 19 heteroatoms. The maximum Gasteiger partial charge on any atom is 0.472 e. The summed E-state index contributed by atoms with van der Waals surface area (Å²) in [5.74, 6) is 0.754. The molecule has 0 saturated carbocycles. The number of phosphoric ester groups is 2. The third kappa shape index (κ3) is 59.7. The molecular weight excluding hydrogens is 1140 g/mol. The highest BCUT2D eigenvalue weighted by molar-refractivity contribution is 7.47. The van der Waals surface area contributed by atoms with Crippen molar-refractivity contribution < 1.29 is 80.2 Å². The van der Waals surface area contributed by atoms with Gasteiger partial charge >= 0.3 is 39.5 Å². The Bertz CT molecular complexity index is 1720. The molecule has 17 nitrogen and oxygen atoms in total. The van der Waals surface area contributed by atoms with Crippen molar-refractivity contribution in [2.75, 3.05) is 39.6 Å². The van der Waals surface area contributed by atoms with Crippen LogP contribution in [0.2, 0.25) is 0 Å². The van der Waals surface area contributed by atoms with E-state index in [0.29, 0.717) is 37.5 Å². The quantitative estimate of drug-likeness (QED) is 0.0222. The Balaban J connectivity index is 5.19. The Kier molecular flexibility index (Phi) is 55.7. The normalized spacial score (nSPS) is 14.7. The highest BCUT2D eigenvalue weighted by Crippen LogP contribution is 2.45. The number of ether oxygens (including phenoxy) is 4. The fourth-order valence-electron chi connectivity index (χ4n) is 9.93. The summed E-state index contributed by atoms with van der Waals surface area (Å²) >= 11 is 0. The van der Waals surface area contributed by atoms with Crippen LogP contribution in [0.5, 0.6) is 0 Å². The lowest BCUT2D eigenvalue weighted by atomic mass is 10.00. The lowest BCUT2D eigenvalue weighted by molar-refractivity contribution is -0.161. The minimum absolute atomic E-state index is 0.101. The molecule has 6 atom stereocenters. The molecule has 0 heterocycles. The highest BCUT2D eigenvalue weighted by atomic mass is 31.2. The number of rotatable bonds is 64. The van der Waals surface area contributed by atoms with Gasteiger partial charge in [-0.1, -0.05) is 274 Å². The monoisotopic (exact) mass is 1270 g/mol. The first kappa shape index (κ1) is 84.1. The van der Waals surface area contributed by atoms with Crippen molar-refractivity contribution in [3.05, 3.63) is 0 Å². The van der Waals surface area contributed by atoms with Crippen LogP contribution in [-0.2, 0) is 65.4 Å². The number of aliphatic hydroxyl groups is 1. The number of carbonyl (C=O) groups is 4. The van der Waals surface area contributed by atoms with E-state index < -0.39 is 97.5 Å². The van der Waals surface area contributed by atoms with Crippen LogP contribution in [-0.4, -0.2) is 96.7 Å². The summed E-state index contributed by atoms with van der Waals surface area (Å²) in [5.41, 5.74) is 0. The molecule has 0 fully saturated rings. The second kappa shape index (κ2) is 57.0. The van der Waals surface area contributed by atoms with Gasteiger partial charge in [0.25, 0.3) is 0 Å². The zero-order valence-corrected chi connectivity index (χ0v) is 57.7. The Hall–Kier alpha value is -1.94. The van der Waals surface area contributed by atoms with E-state index in [0.717, 1.165) is 108 Å². The van der Waals surface area contributed by atoms with Crippen LogP contribution in [0.1, 0.15) is 325 Å². The van der Waals surface area contributed by atoms with E-state index in [2.05, 4.69) is 55.4 Å². The van der Waals surface area contributed by atoms with Crippen molar-refractivity contribution in [1.82, 2.24) is 0 Å². The lowest BCUT2D eigenvalue weighted by Crippen LogP contribution is -2.30. The highest BCUT2D eigenvalue weighted by Gasteiger charge is 2.30. The Morgan fingerprint density at radius 3 is 0.826 bits per heavy atom. The number of aliphatic hydroxyl groups excluding tert-OH is 1. The SMILES string of the molecule is CCC(C)CCCCCCCCC(=O)O[C@H](COC(=O)CCCCCCCCC(C)C)COP(=O)(O)OC[C@H](O)COP(=O)(O)OC[C@@H](COC(=O)CCCCCCCCCCCCCCCCC(C)C)OC(=O)CCCCCCCCCC(C)C. The van der Waals surface area contributed by atoms with Gasteiger partial charge in [0, 0.05) is 25.7 Å². The van der Waals surface area contributed by atoms with Crippen LogP contribution in [0.15, 0.2) is 0 Å². The fourth-order valence-corrected chi connectivity index (χ4v) is 11.5. The molecule has 0 aliphatic rings. The van der Waals surface area contributed by atoms with Gasteiger partial charge in [-0.25, -0.2) is 9.13 Å². The van der Waals surface area contributed by atoms with Gasteiger partial charge in [-0.15, -0.1) is 0 Å². The Morgan fingerprint density at radius 2 is 0.558 bits per heavy atom. The number of esters is 4. The van der Waals surface area contributed by atoms with Crippen molar-refractivity contribution >= 4 is 39.5 Å². The molecule has 0 rings (SSSR count). The lowest BCUT2D eigenvalue weighted by Gasteiger charge is -2.21. The maximum atomic E-state index is 13.0. The molecule has 86 heavy (non-hydrogen) atoms. The number of carbonyl (C=O) groups excluding carboxylic acids is 4. The second-order valence-corrected chi connectivity index (χ2v) is 28.8. The van der Waals surface area contributed by atoms with E-state index in [1.54, 1.807) is 0 Å². The molecule has 510 valence electrons.